The van der Waals surface area contributed by atoms with Crippen LogP contribution in [-0.2, 0) is 24.7 Å². The van der Waals surface area contributed by atoms with Crippen molar-refractivity contribution in [3.05, 3.63) is 58.7 Å². The van der Waals surface area contributed by atoms with Crippen LogP contribution in [0, 0.1) is 22.7 Å². The fraction of sp³-hybridized carbons (Fsp3) is 0.583. The van der Waals surface area contributed by atoms with Gasteiger partial charge in [-0.3, -0.25) is 0 Å². The third-order valence-electron chi connectivity index (χ3n) is 7.93. The molecular formula is C24H31Cl2Zr. The van der Waals surface area contributed by atoms with Crippen LogP contribution in [0.15, 0.2) is 58.7 Å². The molecule has 3 heteroatoms. The summed E-state index contributed by atoms with van der Waals surface area (Å²) in [6, 6.07) is 0. The molecule has 0 aliphatic heterocycles. The minimum absolute atomic E-state index is 0. The number of rotatable bonds is 2. The number of hydrogen-bond acceptors (Lipinski definition) is 0. The van der Waals surface area contributed by atoms with E-state index >= 15 is 0 Å². The summed E-state index contributed by atoms with van der Waals surface area (Å²) in [6.45, 7) is 9.81. The number of hydrogen-bond donors (Lipinski definition) is 0. The molecule has 0 amide bonds. The summed E-state index contributed by atoms with van der Waals surface area (Å²) in [5.74, 6) is 1.78. The Bertz CT molecular complexity index is 741. The fourth-order valence-electron chi connectivity index (χ4n) is 6.06. The molecule has 1 fully saturated rings. The second kappa shape index (κ2) is 8.49. The Morgan fingerprint density at radius 3 is 2.44 bits per heavy atom. The second-order valence-electron chi connectivity index (χ2n) is 9.22. The molecule has 4 aliphatic rings. The first-order valence-corrected chi connectivity index (χ1v) is 11.4. The molecular weight excluding hydrogens is 450 g/mol. The maximum absolute atomic E-state index is 2.60. The average Bonchev–Trinajstić information content (AvgIpc) is 3.24. The van der Waals surface area contributed by atoms with Crippen molar-refractivity contribution in [1.29, 1.82) is 0 Å². The quantitative estimate of drug-likeness (QED) is 0.514. The number of halogens is 2. The van der Waals surface area contributed by atoms with Gasteiger partial charge in [-0.1, -0.05) is 0 Å². The van der Waals surface area contributed by atoms with Crippen LogP contribution in [-0.4, -0.2) is 0 Å². The molecule has 5 unspecified atom stereocenters. The SMILES string of the molecule is CC1=C(C)C(C)(C2=CCC(C)(C3=CC=CC3)C=C2)C2[CH]([Zr+2])CCC2C1.[Cl-].[Cl-]. The van der Waals surface area contributed by atoms with E-state index in [1.165, 1.54) is 19.3 Å². The molecule has 4 rings (SSSR count). The van der Waals surface area contributed by atoms with Gasteiger partial charge >= 0.3 is 170 Å². The van der Waals surface area contributed by atoms with Crippen molar-refractivity contribution in [3.8, 4) is 0 Å². The normalized spacial score (nSPS) is 40.1. The molecule has 0 aromatic heterocycles. The minimum Gasteiger partial charge on any atom is -1.00 e. The van der Waals surface area contributed by atoms with E-state index in [1.807, 2.05) is 0 Å². The molecule has 0 spiro atoms. The molecule has 145 valence electrons. The summed E-state index contributed by atoms with van der Waals surface area (Å²) in [5.41, 5.74) is 7.00. The van der Waals surface area contributed by atoms with E-state index in [2.05, 4.69) is 64.2 Å². The third-order valence-corrected chi connectivity index (χ3v) is 9.52. The molecule has 0 N–H and O–H groups in total. The molecule has 5 atom stereocenters. The summed E-state index contributed by atoms with van der Waals surface area (Å²) < 4.78 is 0.939. The fourth-order valence-corrected chi connectivity index (χ4v) is 7.96. The van der Waals surface area contributed by atoms with Gasteiger partial charge in [0, 0.05) is 0 Å². The largest absolute Gasteiger partial charge is 1.00 e. The van der Waals surface area contributed by atoms with Gasteiger partial charge in [-0.15, -0.1) is 0 Å². The first-order valence-electron chi connectivity index (χ1n) is 10.0. The minimum atomic E-state index is 0. The van der Waals surface area contributed by atoms with Gasteiger partial charge in [0.1, 0.15) is 0 Å². The Balaban J connectivity index is 0.00000131. The Hall–Kier alpha value is 0.163. The van der Waals surface area contributed by atoms with E-state index in [4.69, 9.17) is 0 Å². The molecule has 27 heavy (non-hydrogen) atoms. The van der Waals surface area contributed by atoms with Crippen molar-refractivity contribution in [3.63, 3.8) is 0 Å². The maximum atomic E-state index is 2.60. The molecule has 1 saturated carbocycles. The molecule has 0 bridgehead atoms. The monoisotopic (exact) mass is 479 g/mol. The first-order chi connectivity index (χ1) is 11.9. The maximum Gasteiger partial charge on any atom is -1.00 e. The van der Waals surface area contributed by atoms with E-state index in [0.29, 0.717) is 0 Å². The zero-order chi connectivity index (χ0) is 17.8. The summed E-state index contributed by atoms with van der Waals surface area (Å²) in [7, 11) is 0. The molecule has 0 heterocycles. The smallest absolute Gasteiger partial charge is 1.00 e. The van der Waals surface area contributed by atoms with Crippen molar-refractivity contribution in [2.75, 3.05) is 0 Å². The van der Waals surface area contributed by atoms with E-state index < -0.39 is 0 Å². The molecule has 0 aromatic rings. The van der Waals surface area contributed by atoms with Gasteiger partial charge in [-0.05, 0) is 0 Å². The van der Waals surface area contributed by atoms with Crippen LogP contribution in [0.4, 0.5) is 0 Å². The predicted molar refractivity (Wildman–Crippen MR) is 103 cm³/mol. The molecule has 0 aromatic carbocycles. The van der Waals surface area contributed by atoms with Gasteiger partial charge < -0.3 is 24.8 Å². The molecule has 0 radical (unpaired) electrons. The summed E-state index contributed by atoms with van der Waals surface area (Å²) in [4.78, 5) is 0. The Kier molecular flexibility index (Phi) is 7.37. The Morgan fingerprint density at radius 1 is 1.11 bits per heavy atom. The molecule has 4 aliphatic carbocycles. The van der Waals surface area contributed by atoms with E-state index in [-0.39, 0.29) is 35.6 Å². The van der Waals surface area contributed by atoms with Crippen LogP contribution in [0.5, 0.6) is 0 Å². The van der Waals surface area contributed by atoms with E-state index in [9.17, 15) is 0 Å². The Labute approximate surface area is 193 Å². The van der Waals surface area contributed by atoms with Crippen molar-refractivity contribution in [2.24, 2.45) is 22.7 Å². The molecule has 0 saturated heterocycles. The van der Waals surface area contributed by atoms with Crippen molar-refractivity contribution < 1.29 is 49.5 Å². The van der Waals surface area contributed by atoms with Gasteiger partial charge in [0.05, 0.1) is 0 Å². The van der Waals surface area contributed by atoms with E-state index in [1.54, 1.807) is 47.0 Å². The van der Waals surface area contributed by atoms with Crippen LogP contribution < -0.4 is 24.8 Å². The van der Waals surface area contributed by atoms with Crippen molar-refractivity contribution in [2.45, 2.75) is 63.4 Å². The zero-order valence-corrected chi connectivity index (χ0v) is 21.0. The van der Waals surface area contributed by atoms with Gasteiger partial charge in [0.15, 0.2) is 0 Å². The zero-order valence-electron chi connectivity index (χ0n) is 17.0. The van der Waals surface area contributed by atoms with Gasteiger partial charge in [0.25, 0.3) is 0 Å². The second-order valence-corrected chi connectivity index (χ2v) is 11.0. The topological polar surface area (TPSA) is 0 Å². The van der Waals surface area contributed by atoms with Crippen LogP contribution >= 0.6 is 0 Å². The first kappa shape index (κ1) is 23.4. The van der Waals surface area contributed by atoms with Gasteiger partial charge in [-0.2, -0.15) is 0 Å². The van der Waals surface area contributed by atoms with Crippen LogP contribution in [0.25, 0.3) is 0 Å². The molecule has 0 nitrogen and oxygen atoms in total. The predicted octanol–water partition coefficient (Wildman–Crippen LogP) is 0.881. The van der Waals surface area contributed by atoms with Crippen LogP contribution in [0.2, 0.25) is 3.63 Å². The van der Waals surface area contributed by atoms with Crippen molar-refractivity contribution >= 4 is 0 Å². The summed E-state index contributed by atoms with van der Waals surface area (Å²) in [6.07, 6.45) is 21.0. The van der Waals surface area contributed by atoms with E-state index in [0.717, 1.165) is 28.3 Å². The summed E-state index contributed by atoms with van der Waals surface area (Å²) in [5, 5.41) is 0. The number of allylic oxidation sites excluding steroid dienone is 10. The van der Waals surface area contributed by atoms with Gasteiger partial charge in [0.2, 0.25) is 0 Å². The third kappa shape index (κ3) is 3.71. The number of fused-ring (bicyclic) bond motifs is 1. The van der Waals surface area contributed by atoms with Crippen molar-refractivity contribution in [1.82, 2.24) is 0 Å². The van der Waals surface area contributed by atoms with Crippen LogP contribution in [0.3, 0.4) is 0 Å². The Morgan fingerprint density at radius 2 is 1.85 bits per heavy atom. The van der Waals surface area contributed by atoms with Gasteiger partial charge in [-0.25, -0.2) is 0 Å². The average molecular weight is 482 g/mol. The standard InChI is InChI=1S/C24H31.2ClH.Zr/c1-17-16-19-8-7-11-22(19)24(4,18(17)2)21-12-14-23(3,15-13-21)20-9-5-6-10-20;;;/h5-6,9,11-14,19,22H,7-8,10,15-16H2,1-4H3;2*1H;/q;;;+2/p-2. The summed E-state index contributed by atoms with van der Waals surface area (Å²) >= 11 is 1.76. The van der Waals surface area contributed by atoms with Crippen LogP contribution in [0.1, 0.15) is 59.8 Å².